The molecule has 2 aromatic rings. The monoisotopic (exact) mass is 689 g/mol. The normalized spacial score (nSPS) is 25.9. The largest absolute Gasteiger partial charge is 0.479 e. The molecule has 1 aliphatic heterocycles. The van der Waals surface area contributed by atoms with Crippen LogP contribution in [0, 0.1) is 11.3 Å². The lowest BCUT2D eigenvalue weighted by atomic mass is 9.86. The number of nitrogens with zero attached hydrogens (tertiary/aromatic N) is 2. The van der Waals surface area contributed by atoms with Crippen molar-refractivity contribution in [2.75, 3.05) is 20.1 Å². The number of fused-ring (bicyclic) bond motifs is 1. The molecule has 2 fully saturated rings. The van der Waals surface area contributed by atoms with Gasteiger partial charge in [0.25, 0.3) is 0 Å². The van der Waals surface area contributed by atoms with E-state index in [4.69, 9.17) is 4.74 Å². The number of likely N-dealkylation sites (tertiary alicyclic amines) is 1. The molecule has 50 heavy (non-hydrogen) atoms. The Morgan fingerprint density at radius 2 is 1.78 bits per heavy atom. The molecule has 0 radical (unpaired) electrons. The Morgan fingerprint density at radius 3 is 2.42 bits per heavy atom. The number of nitrogens with one attached hydrogen (secondary N) is 3. The topological polar surface area (TPSA) is 178 Å². The van der Waals surface area contributed by atoms with Gasteiger partial charge in [0.15, 0.2) is 0 Å². The van der Waals surface area contributed by atoms with Gasteiger partial charge in [0, 0.05) is 32.4 Å². The number of carboxylic acid groups (broad SMARTS) is 1. The highest BCUT2D eigenvalue weighted by Crippen LogP contribution is 2.45. The molecule has 1 saturated carbocycles. The number of rotatable bonds is 11. The summed E-state index contributed by atoms with van der Waals surface area (Å²) in [5, 5.41) is 29.0. The molecule has 7 atom stereocenters. The summed E-state index contributed by atoms with van der Waals surface area (Å²) in [7, 11) is 1.60. The Labute approximate surface area is 292 Å². The number of aliphatic hydroxyl groups excluding tert-OH is 1. The number of aliphatic hydroxyl groups is 1. The minimum absolute atomic E-state index is 0.0800. The first-order chi connectivity index (χ1) is 23.6. The number of ether oxygens (including phenoxy) is 1. The average molecular weight is 690 g/mol. The first kappa shape index (κ1) is 36.4. The maximum absolute atomic E-state index is 14.0. The standard InChI is InChI=1S/C37H47N5O8/c1-6-24-20-37(24,33(46)47)40-31(44)27-19-25(50-35(49)41(5)17-16-22-12-8-7-9-13-22)21-42(27)34(48)39-30(36(2,3)4)32(45)38-29-26-15-11-10-14-23(26)18-28(29)43/h6-15,24-25,27-30,43H,1,16-21H2,2-5H3,(H,38,45)(H,39,48)(H,40,44)(H,46,47)/t24-,25-,27+,28-,29+,30-,37-/m1/s1. The third-order valence-corrected chi connectivity index (χ3v) is 9.91. The van der Waals surface area contributed by atoms with Gasteiger partial charge in [0.2, 0.25) is 11.8 Å². The maximum Gasteiger partial charge on any atom is 0.409 e. The Morgan fingerprint density at radius 1 is 1.10 bits per heavy atom. The fourth-order valence-corrected chi connectivity index (χ4v) is 6.81. The second kappa shape index (κ2) is 14.5. The number of hydrogen-bond donors (Lipinski definition) is 5. The van der Waals surface area contributed by atoms with Crippen molar-refractivity contribution in [3.05, 3.63) is 83.9 Å². The molecule has 2 aliphatic carbocycles. The molecule has 0 aromatic heterocycles. The second-order valence-electron chi connectivity index (χ2n) is 14.6. The summed E-state index contributed by atoms with van der Waals surface area (Å²) in [5.74, 6) is -2.94. The van der Waals surface area contributed by atoms with Gasteiger partial charge >= 0.3 is 18.1 Å². The van der Waals surface area contributed by atoms with E-state index in [2.05, 4.69) is 22.5 Å². The van der Waals surface area contributed by atoms with Gasteiger partial charge in [-0.25, -0.2) is 14.4 Å². The van der Waals surface area contributed by atoms with E-state index in [1.807, 2.05) is 54.6 Å². The molecule has 0 bridgehead atoms. The van der Waals surface area contributed by atoms with Gasteiger partial charge in [-0.2, -0.15) is 0 Å². The summed E-state index contributed by atoms with van der Waals surface area (Å²) in [4.78, 5) is 69.3. The fourth-order valence-electron chi connectivity index (χ4n) is 6.81. The third-order valence-electron chi connectivity index (χ3n) is 9.91. The molecule has 5 amide bonds. The van der Waals surface area contributed by atoms with Crippen molar-refractivity contribution in [3.63, 3.8) is 0 Å². The predicted molar refractivity (Wildman–Crippen MR) is 184 cm³/mol. The molecule has 3 aliphatic rings. The van der Waals surface area contributed by atoms with Crippen LogP contribution in [0.2, 0.25) is 0 Å². The number of aliphatic carboxylic acids is 1. The molecule has 268 valence electrons. The molecule has 2 aromatic carbocycles. The van der Waals surface area contributed by atoms with E-state index >= 15 is 0 Å². The summed E-state index contributed by atoms with van der Waals surface area (Å²) in [6.45, 7) is 9.20. The zero-order chi connectivity index (χ0) is 36.4. The Hall–Kier alpha value is -4.91. The Bertz CT molecular complexity index is 1630. The van der Waals surface area contributed by atoms with Crippen LogP contribution in [-0.4, -0.2) is 99.9 Å². The number of urea groups is 1. The number of carbonyl (C=O) groups is 5. The minimum Gasteiger partial charge on any atom is -0.479 e. The molecule has 5 N–H and O–H groups in total. The van der Waals surface area contributed by atoms with Gasteiger partial charge in [0.05, 0.1) is 18.7 Å². The van der Waals surface area contributed by atoms with Crippen LogP contribution in [0.3, 0.4) is 0 Å². The smallest absolute Gasteiger partial charge is 0.409 e. The van der Waals surface area contributed by atoms with Gasteiger partial charge in [-0.3, -0.25) is 9.59 Å². The summed E-state index contributed by atoms with van der Waals surface area (Å²) in [5.41, 5.74) is 0.424. The van der Waals surface area contributed by atoms with Crippen LogP contribution < -0.4 is 16.0 Å². The molecule has 1 heterocycles. The van der Waals surface area contributed by atoms with Crippen LogP contribution in [-0.2, 0) is 32.0 Å². The quantitative estimate of drug-likeness (QED) is 0.224. The van der Waals surface area contributed by atoms with Crippen LogP contribution >= 0.6 is 0 Å². The number of amides is 5. The van der Waals surface area contributed by atoms with Gasteiger partial charge in [-0.05, 0) is 34.9 Å². The van der Waals surface area contributed by atoms with E-state index in [1.54, 1.807) is 27.8 Å². The maximum atomic E-state index is 14.0. The number of carbonyl (C=O) groups excluding carboxylic acids is 4. The molecular formula is C37H47N5O8. The van der Waals surface area contributed by atoms with Gasteiger partial charge in [-0.15, -0.1) is 6.58 Å². The lowest BCUT2D eigenvalue weighted by Crippen LogP contribution is -2.60. The SMILES string of the molecule is C=C[C@@H]1C[C@]1(NC(=O)[C@@H]1C[C@@H](OC(=O)N(C)CCc2ccccc2)CN1C(=O)N[C@H](C(=O)N[C@H]1c2ccccc2C[C@H]1O)C(C)(C)C)C(=O)O. The van der Waals surface area contributed by atoms with Gasteiger partial charge in [0.1, 0.15) is 23.7 Å². The molecule has 1 saturated heterocycles. The summed E-state index contributed by atoms with van der Waals surface area (Å²) >= 11 is 0. The molecule has 13 heteroatoms. The van der Waals surface area contributed by atoms with Crippen molar-refractivity contribution in [2.24, 2.45) is 11.3 Å². The van der Waals surface area contributed by atoms with E-state index < -0.39 is 77.1 Å². The van der Waals surface area contributed by atoms with E-state index in [-0.39, 0.29) is 19.4 Å². The molecule has 0 unspecified atom stereocenters. The minimum atomic E-state index is -1.54. The van der Waals surface area contributed by atoms with E-state index in [1.165, 1.54) is 15.9 Å². The van der Waals surface area contributed by atoms with E-state index in [0.29, 0.717) is 19.4 Å². The van der Waals surface area contributed by atoms with Gasteiger partial charge < -0.3 is 40.7 Å². The van der Waals surface area contributed by atoms with Gasteiger partial charge in [-0.1, -0.05) is 81.4 Å². The predicted octanol–water partition coefficient (Wildman–Crippen LogP) is 2.78. The Kier molecular flexibility index (Phi) is 10.6. The lowest BCUT2D eigenvalue weighted by Gasteiger charge is -2.34. The highest BCUT2D eigenvalue weighted by atomic mass is 16.6. The number of carboxylic acids is 1. The van der Waals surface area contributed by atoms with Crippen molar-refractivity contribution >= 4 is 29.9 Å². The van der Waals surface area contributed by atoms with Crippen LogP contribution in [0.4, 0.5) is 9.59 Å². The van der Waals surface area contributed by atoms with Crippen molar-refractivity contribution in [2.45, 2.75) is 82.3 Å². The zero-order valence-corrected chi connectivity index (χ0v) is 28.9. The number of likely N-dealkylation sites (N-methyl/N-ethyl adjacent to an activating group) is 1. The van der Waals surface area contributed by atoms with Crippen LogP contribution in [0.5, 0.6) is 0 Å². The average Bonchev–Trinajstić information content (AvgIpc) is 3.49. The van der Waals surface area contributed by atoms with Crippen LogP contribution in [0.25, 0.3) is 0 Å². The van der Waals surface area contributed by atoms with Crippen molar-refractivity contribution < 1.29 is 38.9 Å². The first-order valence-electron chi connectivity index (χ1n) is 16.9. The van der Waals surface area contributed by atoms with Crippen molar-refractivity contribution in [1.82, 2.24) is 25.8 Å². The van der Waals surface area contributed by atoms with E-state index in [9.17, 15) is 34.2 Å². The summed E-state index contributed by atoms with van der Waals surface area (Å²) < 4.78 is 5.76. The highest BCUT2D eigenvalue weighted by molar-refractivity contribution is 5.95. The third kappa shape index (κ3) is 7.77. The Balaban J connectivity index is 1.31. The highest BCUT2D eigenvalue weighted by Gasteiger charge is 2.61. The lowest BCUT2D eigenvalue weighted by molar-refractivity contribution is -0.144. The summed E-state index contributed by atoms with van der Waals surface area (Å²) in [6, 6.07) is 13.3. The van der Waals surface area contributed by atoms with Crippen molar-refractivity contribution in [3.8, 4) is 0 Å². The molecular weight excluding hydrogens is 642 g/mol. The fraction of sp³-hybridized carbons (Fsp3) is 0.486. The zero-order valence-electron chi connectivity index (χ0n) is 28.9. The molecule has 13 nitrogen and oxygen atoms in total. The first-order valence-corrected chi connectivity index (χ1v) is 16.9. The number of hydrogen-bond acceptors (Lipinski definition) is 7. The molecule has 0 spiro atoms. The van der Waals surface area contributed by atoms with E-state index in [0.717, 1.165) is 16.7 Å². The van der Waals surface area contributed by atoms with Crippen LogP contribution in [0.15, 0.2) is 67.3 Å². The van der Waals surface area contributed by atoms with Crippen LogP contribution in [0.1, 0.15) is 56.3 Å². The summed E-state index contributed by atoms with van der Waals surface area (Å²) in [6.07, 6.45) is 0.158. The second-order valence-corrected chi connectivity index (χ2v) is 14.6. The molecule has 5 rings (SSSR count). The number of benzene rings is 2. The van der Waals surface area contributed by atoms with Crippen molar-refractivity contribution in [1.29, 1.82) is 0 Å².